The van der Waals surface area contributed by atoms with Gasteiger partial charge in [-0.3, -0.25) is 18.9 Å². The van der Waals surface area contributed by atoms with E-state index in [1.54, 1.807) is 30.3 Å². The molecule has 3 aromatic rings. The molecule has 2 aliphatic rings. The van der Waals surface area contributed by atoms with Crippen LogP contribution in [0.1, 0.15) is 45.4 Å². The molecule has 0 spiro atoms. The first-order chi connectivity index (χ1) is 22.9. The van der Waals surface area contributed by atoms with E-state index in [0.29, 0.717) is 31.6 Å². The second-order valence-electron chi connectivity index (χ2n) is 11.1. The standard InChI is InChI=1S/C30H35N6O11P/c1-18(29(39)45-21-11-13-41-14-12-21)35-48(40,47-22-7-5-4-6-8-22)42-16-30(15-31)27(44-20(3)38)26(43-19(2)37)25(46-30)23-9-10-24-28(32)33-17-34-36(23)24/h4-10,17-18,21,25-27H,11-14,16H2,1-3H3,(H,35,40)(H2,32,33,34)/t18-,25-,26-,27-,30+,48-/m0/s1. The molecule has 18 heteroatoms. The fraction of sp³-hybridized carbons (Fsp3) is 0.467. The molecule has 48 heavy (non-hydrogen) atoms. The van der Waals surface area contributed by atoms with Crippen LogP contribution in [0.4, 0.5) is 5.82 Å². The van der Waals surface area contributed by atoms with E-state index in [4.69, 9.17) is 38.5 Å². The van der Waals surface area contributed by atoms with Crippen molar-refractivity contribution in [2.24, 2.45) is 0 Å². The number of rotatable bonds is 12. The molecule has 0 amide bonds. The number of anilines is 1. The van der Waals surface area contributed by atoms with E-state index in [9.17, 15) is 24.2 Å². The van der Waals surface area contributed by atoms with Crippen molar-refractivity contribution in [3.05, 3.63) is 54.5 Å². The Morgan fingerprint density at radius 3 is 2.50 bits per heavy atom. The van der Waals surface area contributed by atoms with E-state index >= 15 is 0 Å². The second kappa shape index (κ2) is 14.7. The number of carbonyl (C=O) groups is 3. The number of hydrogen-bond donors (Lipinski definition) is 2. The number of nitrogens with zero attached hydrogens (tertiary/aromatic N) is 4. The molecule has 256 valence electrons. The number of nitrogens with two attached hydrogens (primary N) is 1. The number of carbonyl (C=O) groups excluding carboxylic acids is 3. The molecule has 0 unspecified atom stereocenters. The minimum absolute atomic E-state index is 0.112. The molecule has 3 N–H and O–H groups in total. The highest BCUT2D eigenvalue weighted by atomic mass is 31.2. The number of para-hydroxylation sites is 1. The monoisotopic (exact) mass is 686 g/mol. The van der Waals surface area contributed by atoms with Crippen molar-refractivity contribution in [1.82, 2.24) is 19.7 Å². The van der Waals surface area contributed by atoms with Gasteiger partial charge in [0, 0.05) is 26.7 Å². The van der Waals surface area contributed by atoms with Gasteiger partial charge < -0.3 is 33.9 Å². The molecule has 2 aliphatic heterocycles. The molecule has 2 saturated heterocycles. The van der Waals surface area contributed by atoms with Gasteiger partial charge in [-0.2, -0.15) is 15.4 Å². The first-order valence-corrected chi connectivity index (χ1v) is 16.5. The van der Waals surface area contributed by atoms with Crippen LogP contribution in [0.3, 0.4) is 0 Å². The number of benzene rings is 1. The number of nitriles is 1. The van der Waals surface area contributed by atoms with E-state index in [1.807, 2.05) is 6.07 Å². The molecule has 0 bridgehead atoms. The van der Waals surface area contributed by atoms with E-state index < -0.39 is 62.2 Å². The van der Waals surface area contributed by atoms with Crippen molar-refractivity contribution in [3.63, 3.8) is 0 Å². The van der Waals surface area contributed by atoms with Crippen LogP contribution < -0.4 is 15.3 Å². The largest absolute Gasteiger partial charge is 0.461 e. The Morgan fingerprint density at radius 1 is 1.12 bits per heavy atom. The van der Waals surface area contributed by atoms with Crippen molar-refractivity contribution < 1.29 is 51.7 Å². The highest BCUT2D eigenvalue weighted by molar-refractivity contribution is 7.52. The number of ether oxygens (including phenoxy) is 5. The average molecular weight is 687 g/mol. The minimum Gasteiger partial charge on any atom is -0.461 e. The summed E-state index contributed by atoms with van der Waals surface area (Å²) in [6.07, 6.45) is -2.44. The number of nitrogen functional groups attached to an aromatic ring is 1. The number of nitrogens with one attached hydrogen (secondary N) is 1. The zero-order valence-electron chi connectivity index (χ0n) is 26.3. The van der Waals surface area contributed by atoms with Gasteiger partial charge in [0.2, 0.25) is 5.60 Å². The fourth-order valence-corrected chi connectivity index (χ4v) is 6.86. The lowest BCUT2D eigenvalue weighted by Gasteiger charge is -2.30. The Labute approximate surface area is 275 Å². The first kappa shape index (κ1) is 34.7. The van der Waals surface area contributed by atoms with E-state index in [2.05, 4.69) is 15.2 Å². The molecule has 1 aromatic carbocycles. The summed E-state index contributed by atoms with van der Waals surface area (Å²) in [4.78, 5) is 41.6. The summed E-state index contributed by atoms with van der Waals surface area (Å²) in [5.41, 5.74) is 4.42. The maximum absolute atomic E-state index is 14.3. The predicted molar refractivity (Wildman–Crippen MR) is 164 cm³/mol. The highest BCUT2D eigenvalue weighted by Gasteiger charge is 2.62. The lowest BCUT2D eigenvalue weighted by Crippen LogP contribution is -2.49. The molecule has 6 atom stereocenters. The molecule has 0 saturated carbocycles. The van der Waals surface area contributed by atoms with Crippen LogP contribution in [0.15, 0.2) is 48.8 Å². The lowest BCUT2D eigenvalue weighted by atomic mass is 9.95. The van der Waals surface area contributed by atoms with Crippen molar-refractivity contribution in [3.8, 4) is 11.8 Å². The fourth-order valence-electron chi connectivity index (χ4n) is 5.34. The maximum atomic E-state index is 14.3. The summed E-state index contributed by atoms with van der Waals surface area (Å²) in [5, 5.41) is 17.4. The third-order valence-corrected chi connectivity index (χ3v) is 9.18. The van der Waals surface area contributed by atoms with Crippen molar-refractivity contribution in [2.75, 3.05) is 25.6 Å². The third-order valence-electron chi connectivity index (χ3n) is 7.55. The van der Waals surface area contributed by atoms with Crippen LogP contribution in [0.5, 0.6) is 5.75 Å². The Kier molecular flexibility index (Phi) is 10.6. The molecule has 2 fully saturated rings. The molecule has 0 radical (unpaired) electrons. The van der Waals surface area contributed by atoms with Gasteiger partial charge in [0.1, 0.15) is 48.5 Å². The molecule has 0 aliphatic carbocycles. The molecule has 5 rings (SSSR count). The van der Waals surface area contributed by atoms with Crippen LogP contribution >= 0.6 is 7.75 Å². The molecule has 2 aromatic heterocycles. The van der Waals surface area contributed by atoms with Gasteiger partial charge in [-0.1, -0.05) is 18.2 Å². The van der Waals surface area contributed by atoms with E-state index in [1.165, 1.54) is 29.9 Å². The summed E-state index contributed by atoms with van der Waals surface area (Å²) in [7, 11) is -4.54. The summed E-state index contributed by atoms with van der Waals surface area (Å²) in [6, 6.07) is 11.9. The third kappa shape index (κ3) is 7.75. The van der Waals surface area contributed by atoms with E-state index in [0.717, 1.165) is 13.8 Å². The van der Waals surface area contributed by atoms with Crippen LogP contribution in [0.25, 0.3) is 5.52 Å². The maximum Gasteiger partial charge on any atom is 0.459 e. The average Bonchev–Trinajstić information content (AvgIpc) is 3.61. The van der Waals surface area contributed by atoms with Crippen LogP contribution in [-0.2, 0) is 47.2 Å². The van der Waals surface area contributed by atoms with Gasteiger partial charge >= 0.3 is 25.7 Å². The van der Waals surface area contributed by atoms with Gasteiger partial charge in [0.25, 0.3) is 0 Å². The SMILES string of the molecule is CC(=O)O[C@H]1[C@H](c2ccc3c(N)ncnn23)O[C@](C#N)(CO[P@@](=O)(N[C@@H](C)C(=O)OC2CCOCC2)Oc2ccccc2)[C@H]1OC(C)=O. The van der Waals surface area contributed by atoms with Crippen molar-refractivity contribution in [1.29, 1.82) is 5.26 Å². The van der Waals surface area contributed by atoms with Crippen LogP contribution in [-0.4, -0.2) is 82.3 Å². The summed E-state index contributed by atoms with van der Waals surface area (Å²) < 4.78 is 55.5. The predicted octanol–water partition coefficient (Wildman–Crippen LogP) is 2.41. The molecule has 4 heterocycles. The smallest absolute Gasteiger partial charge is 0.459 e. The Balaban J connectivity index is 1.47. The van der Waals surface area contributed by atoms with Gasteiger partial charge in [0.15, 0.2) is 18.0 Å². The Hall–Kier alpha value is -4.59. The van der Waals surface area contributed by atoms with Gasteiger partial charge in [-0.25, -0.2) is 14.1 Å². The normalized spacial score (nSPS) is 24.6. The highest BCUT2D eigenvalue weighted by Crippen LogP contribution is 2.50. The summed E-state index contributed by atoms with van der Waals surface area (Å²) in [5.74, 6) is -2.07. The molecular formula is C30H35N6O11P. The van der Waals surface area contributed by atoms with Crippen molar-refractivity contribution in [2.45, 2.75) is 69.7 Å². The quantitative estimate of drug-likeness (QED) is 0.158. The topological polar surface area (TPSA) is 225 Å². The zero-order valence-corrected chi connectivity index (χ0v) is 27.2. The Bertz CT molecular complexity index is 1730. The number of esters is 3. The van der Waals surface area contributed by atoms with Gasteiger partial charge in [0.05, 0.1) is 18.9 Å². The number of aromatic nitrogens is 3. The first-order valence-electron chi connectivity index (χ1n) is 15.0. The number of fused-ring (bicyclic) bond motifs is 1. The summed E-state index contributed by atoms with van der Waals surface area (Å²) in [6.45, 7) is 3.67. The number of hydrogen-bond acceptors (Lipinski definition) is 15. The van der Waals surface area contributed by atoms with Gasteiger partial charge in [-0.15, -0.1) is 0 Å². The van der Waals surface area contributed by atoms with Gasteiger partial charge in [-0.05, 0) is 31.2 Å². The van der Waals surface area contributed by atoms with Crippen molar-refractivity contribution >= 4 is 37.0 Å². The van der Waals surface area contributed by atoms with E-state index in [-0.39, 0.29) is 23.4 Å². The summed E-state index contributed by atoms with van der Waals surface area (Å²) >= 11 is 0. The van der Waals surface area contributed by atoms with Crippen LogP contribution in [0.2, 0.25) is 0 Å². The van der Waals surface area contributed by atoms with Crippen LogP contribution in [0, 0.1) is 11.3 Å². The lowest BCUT2D eigenvalue weighted by molar-refractivity contribution is -0.166. The second-order valence-corrected chi connectivity index (χ2v) is 12.8. The zero-order chi connectivity index (χ0) is 34.5. The molecular weight excluding hydrogens is 651 g/mol. The Morgan fingerprint density at radius 2 is 1.83 bits per heavy atom. The minimum atomic E-state index is -4.54. The molecule has 17 nitrogen and oxygen atoms in total.